The van der Waals surface area contributed by atoms with E-state index in [1.807, 2.05) is 24.9 Å². The molecule has 0 radical (unpaired) electrons. The molecule has 0 saturated carbocycles. The minimum atomic E-state index is -0.241. The monoisotopic (exact) mass is 321 g/mol. The van der Waals surface area contributed by atoms with Crippen LogP contribution in [-0.4, -0.2) is 59.8 Å². The molecule has 0 spiro atoms. The number of likely N-dealkylation sites (tertiary alicyclic amines) is 1. The first kappa shape index (κ1) is 16.5. The Morgan fingerprint density at radius 1 is 1.39 bits per heavy atom. The van der Waals surface area contributed by atoms with Gasteiger partial charge < -0.3 is 14.2 Å². The van der Waals surface area contributed by atoms with Crippen LogP contribution >= 0.6 is 0 Å². The van der Waals surface area contributed by atoms with Gasteiger partial charge in [-0.05, 0) is 32.1 Å². The summed E-state index contributed by atoms with van der Waals surface area (Å²) in [6.45, 7) is 7.50. The van der Waals surface area contributed by atoms with E-state index in [0.717, 1.165) is 50.4 Å². The Morgan fingerprint density at radius 2 is 2.13 bits per heavy atom. The molecule has 23 heavy (non-hydrogen) atoms. The summed E-state index contributed by atoms with van der Waals surface area (Å²) in [5.41, 5.74) is 0.922. The molecule has 1 aromatic heterocycles. The van der Waals surface area contributed by atoms with Crippen molar-refractivity contribution >= 4 is 5.91 Å². The number of carbonyl (C=O) groups excluding carboxylic acids is 1. The van der Waals surface area contributed by atoms with Crippen LogP contribution in [0, 0.1) is 12.8 Å². The topological polar surface area (TPSA) is 58.8 Å². The molecular formula is C17H27N3O3. The first-order chi connectivity index (χ1) is 11.0. The SMILES string of the molecule is Cc1cc(CN2CCC(N(C)C(=O)[C@H]3OCC[C@H]3C)CC2)on1. The van der Waals surface area contributed by atoms with Crippen LogP contribution in [0.15, 0.2) is 10.6 Å². The summed E-state index contributed by atoms with van der Waals surface area (Å²) in [6.07, 6.45) is 2.74. The summed E-state index contributed by atoms with van der Waals surface area (Å²) in [6, 6.07) is 2.30. The number of hydrogen-bond donors (Lipinski definition) is 0. The van der Waals surface area contributed by atoms with Crippen molar-refractivity contribution in [1.29, 1.82) is 0 Å². The molecule has 2 saturated heterocycles. The Morgan fingerprint density at radius 3 is 2.70 bits per heavy atom. The predicted octanol–water partition coefficient (Wildman–Crippen LogP) is 1.83. The summed E-state index contributed by atoms with van der Waals surface area (Å²) in [4.78, 5) is 16.9. The van der Waals surface area contributed by atoms with E-state index in [1.54, 1.807) is 0 Å². The highest BCUT2D eigenvalue weighted by Crippen LogP contribution is 2.24. The molecule has 0 unspecified atom stereocenters. The largest absolute Gasteiger partial charge is 0.368 e. The average molecular weight is 321 g/mol. The molecule has 1 aromatic rings. The normalized spacial score (nSPS) is 26.6. The summed E-state index contributed by atoms with van der Waals surface area (Å²) in [5, 5.41) is 3.93. The number of carbonyl (C=O) groups is 1. The van der Waals surface area contributed by atoms with Crippen LogP contribution in [0.25, 0.3) is 0 Å². The van der Waals surface area contributed by atoms with Gasteiger partial charge in [-0.3, -0.25) is 9.69 Å². The Labute approximate surface area is 137 Å². The molecule has 2 atom stereocenters. The molecule has 0 aromatic carbocycles. The van der Waals surface area contributed by atoms with Crippen LogP contribution in [0.1, 0.15) is 37.6 Å². The fourth-order valence-corrected chi connectivity index (χ4v) is 3.57. The van der Waals surface area contributed by atoms with Crippen molar-refractivity contribution in [3.8, 4) is 0 Å². The first-order valence-electron chi connectivity index (χ1n) is 8.57. The van der Waals surface area contributed by atoms with Gasteiger partial charge in [-0.25, -0.2) is 0 Å². The number of nitrogens with zero attached hydrogens (tertiary/aromatic N) is 3. The number of amides is 1. The van der Waals surface area contributed by atoms with E-state index in [1.165, 1.54) is 0 Å². The predicted molar refractivity (Wildman–Crippen MR) is 85.8 cm³/mol. The van der Waals surface area contributed by atoms with Crippen molar-refractivity contribution in [2.75, 3.05) is 26.7 Å². The number of piperidine rings is 1. The van der Waals surface area contributed by atoms with E-state index < -0.39 is 0 Å². The van der Waals surface area contributed by atoms with E-state index in [2.05, 4.69) is 17.0 Å². The van der Waals surface area contributed by atoms with Gasteiger partial charge in [-0.2, -0.15) is 0 Å². The van der Waals surface area contributed by atoms with Gasteiger partial charge in [0.2, 0.25) is 0 Å². The molecule has 0 aliphatic carbocycles. The van der Waals surface area contributed by atoms with Gasteiger partial charge >= 0.3 is 0 Å². The van der Waals surface area contributed by atoms with Crippen molar-refractivity contribution in [2.24, 2.45) is 5.92 Å². The Bertz CT molecular complexity index is 537. The van der Waals surface area contributed by atoms with Gasteiger partial charge in [-0.1, -0.05) is 12.1 Å². The van der Waals surface area contributed by atoms with Crippen LogP contribution in [0.4, 0.5) is 0 Å². The Hall–Kier alpha value is -1.40. The third-order valence-electron chi connectivity index (χ3n) is 5.14. The van der Waals surface area contributed by atoms with Gasteiger partial charge in [0.25, 0.3) is 5.91 Å². The zero-order valence-corrected chi connectivity index (χ0v) is 14.3. The number of ether oxygens (including phenoxy) is 1. The van der Waals surface area contributed by atoms with E-state index in [4.69, 9.17) is 9.26 Å². The third kappa shape index (κ3) is 3.75. The first-order valence-corrected chi connectivity index (χ1v) is 8.57. The molecule has 2 aliphatic heterocycles. The van der Waals surface area contributed by atoms with Gasteiger partial charge in [0.1, 0.15) is 6.10 Å². The summed E-state index contributed by atoms with van der Waals surface area (Å²) in [7, 11) is 1.93. The number of likely N-dealkylation sites (N-methyl/N-ethyl adjacent to an activating group) is 1. The molecule has 0 bridgehead atoms. The molecule has 1 amide bonds. The molecular weight excluding hydrogens is 294 g/mol. The quantitative estimate of drug-likeness (QED) is 0.847. The highest BCUT2D eigenvalue weighted by atomic mass is 16.5. The fourth-order valence-electron chi connectivity index (χ4n) is 3.57. The molecule has 6 nitrogen and oxygen atoms in total. The third-order valence-corrected chi connectivity index (χ3v) is 5.14. The highest BCUT2D eigenvalue weighted by molar-refractivity contribution is 5.81. The van der Waals surface area contributed by atoms with Crippen molar-refractivity contribution < 1.29 is 14.1 Å². The summed E-state index contributed by atoms with van der Waals surface area (Å²) >= 11 is 0. The number of aryl methyl sites for hydroxylation is 1. The average Bonchev–Trinajstić information content (AvgIpc) is 3.15. The second-order valence-corrected chi connectivity index (χ2v) is 6.95. The van der Waals surface area contributed by atoms with Crippen molar-refractivity contribution in [1.82, 2.24) is 15.0 Å². The van der Waals surface area contributed by atoms with E-state index in [-0.39, 0.29) is 12.0 Å². The Kier molecular flexibility index (Phi) is 5.02. The van der Waals surface area contributed by atoms with Gasteiger partial charge in [-0.15, -0.1) is 0 Å². The van der Waals surface area contributed by atoms with Gasteiger partial charge in [0.15, 0.2) is 5.76 Å². The van der Waals surface area contributed by atoms with Gasteiger partial charge in [0, 0.05) is 38.9 Å². The van der Waals surface area contributed by atoms with Crippen molar-refractivity contribution in [3.05, 3.63) is 17.5 Å². The molecule has 128 valence electrons. The molecule has 3 heterocycles. The van der Waals surface area contributed by atoms with Crippen molar-refractivity contribution in [2.45, 2.75) is 51.8 Å². The minimum Gasteiger partial charge on any atom is -0.368 e. The molecule has 0 N–H and O–H groups in total. The van der Waals surface area contributed by atoms with Crippen LogP contribution in [-0.2, 0) is 16.1 Å². The zero-order valence-electron chi connectivity index (χ0n) is 14.3. The second kappa shape index (κ2) is 7.01. The fraction of sp³-hybridized carbons (Fsp3) is 0.765. The molecule has 6 heteroatoms. The molecule has 2 fully saturated rings. The maximum absolute atomic E-state index is 12.6. The maximum atomic E-state index is 12.6. The van der Waals surface area contributed by atoms with Crippen LogP contribution in [0.2, 0.25) is 0 Å². The lowest BCUT2D eigenvalue weighted by molar-refractivity contribution is -0.144. The molecule has 2 aliphatic rings. The van der Waals surface area contributed by atoms with E-state index >= 15 is 0 Å². The van der Waals surface area contributed by atoms with Crippen LogP contribution in [0.3, 0.4) is 0 Å². The van der Waals surface area contributed by atoms with E-state index in [9.17, 15) is 4.79 Å². The summed E-state index contributed by atoms with van der Waals surface area (Å²) in [5.74, 6) is 1.40. The van der Waals surface area contributed by atoms with Crippen molar-refractivity contribution in [3.63, 3.8) is 0 Å². The standard InChI is InChI=1S/C17H27N3O3/c1-12-6-9-22-16(12)17(21)19(3)14-4-7-20(8-5-14)11-15-10-13(2)18-23-15/h10,12,14,16H,4-9,11H2,1-3H3/t12-,16+/m1/s1. The van der Waals surface area contributed by atoms with Gasteiger partial charge in [0.05, 0.1) is 12.2 Å². The molecule has 3 rings (SSSR count). The lowest BCUT2D eigenvalue weighted by atomic mass is 9.99. The Balaban J connectivity index is 1.49. The smallest absolute Gasteiger partial charge is 0.251 e. The number of aromatic nitrogens is 1. The highest BCUT2D eigenvalue weighted by Gasteiger charge is 2.35. The second-order valence-electron chi connectivity index (χ2n) is 6.95. The lowest BCUT2D eigenvalue weighted by Gasteiger charge is -2.37. The number of rotatable bonds is 4. The summed E-state index contributed by atoms with van der Waals surface area (Å²) < 4.78 is 10.9. The minimum absolute atomic E-state index is 0.152. The lowest BCUT2D eigenvalue weighted by Crippen LogP contribution is -2.49. The maximum Gasteiger partial charge on any atom is 0.251 e. The van der Waals surface area contributed by atoms with Crippen LogP contribution in [0.5, 0.6) is 0 Å². The van der Waals surface area contributed by atoms with E-state index in [0.29, 0.717) is 18.6 Å². The zero-order chi connectivity index (χ0) is 16.4. The van der Waals surface area contributed by atoms with Crippen LogP contribution < -0.4 is 0 Å². The number of hydrogen-bond acceptors (Lipinski definition) is 5.